The Balaban J connectivity index is 2.08. The Bertz CT molecular complexity index is 934. The van der Waals surface area contributed by atoms with Crippen LogP contribution in [-0.4, -0.2) is 31.9 Å². The molecular formula is C16H12ClN3O3. The SMILES string of the molecule is Cc1nc2ccc(C(=O)O)nc2n1Cc1ccc(C=O)cc1Cl. The van der Waals surface area contributed by atoms with Gasteiger partial charge in [-0.05, 0) is 30.7 Å². The molecule has 0 amide bonds. The molecular weight excluding hydrogens is 318 g/mol. The van der Waals surface area contributed by atoms with Crippen LogP contribution in [0.5, 0.6) is 0 Å². The minimum absolute atomic E-state index is 0.0407. The van der Waals surface area contributed by atoms with Crippen molar-refractivity contribution in [3.05, 3.63) is 58.0 Å². The first kappa shape index (κ1) is 15.2. The van der Waals surface area contributed by atoms with E-state index < -0.39 is 5.97 Å². The Hall–Kier alpha value is -2.73. The summed E-state index contributed by atoms with van der Waals surface area (Å²) in [5.74, 6) is -0.392. The monoisotopic (exact) mass is 329 g/mol. The van der Waals surface area contributed by atoms with Crippen molar-refractivity contribution in [3.8, 4) is 0 Å². The highest BCUT2D eigenvalue weighted by atomic mass is 35.5. The third kappa shape index (κ3) is 2.80. The summed E-state index contributed by atoms with van der Waals surface area (Å²) in [6.07, 6.45) is 0.730. The predicted molar refractivity (Wildman–Crippen MR) is 85.2 cm³/mol. The molecule has 1 N–H and O–H groups in total. The van der Waals surface area contributed by atoms with Crippen molar-refractivity contribution in [2.45, 2.75) is 13.5 Å². The van der Waals surface area contributed by atoms with Crippen molar-refractivity contribution in [1.82, 2.24) is 14.5 Å². The molecule has 0 bridgehead atoms. The van der Waals surface area contributed by atoms with E-state index in [4.69, 9.17) is 16.7 Å². The van der Waals surface area contributed by atoms with Gasteiger partial charge in [0.2, 0.25) is 0 Å². The lowest BCUT2D eigenvalue weighted by atomic mass is 10.1. The molecule has 116 valence electrons. The Morgan fingerprint density at radius 2 is 2.09 bits per heavy atom. The first-order valence-electron chi connectivity index (χ1n) is 6.80. The molecule has 6 nitrogen and oxygen atoms in total. The van der Waals surface area contributed by atoms with Gasteiger partial charge in [-0.25, -0.2) is 14.8 Å². The second-order valence-corrected chi connectivity index (χ2v) is 5.47. The number of benzene rings is 1. The maximum absolute atomic E-state index is 11.1. The van der Waals surface area contributed by atoms with E-state index >= 15 is 0 Å². The molecule has 2 aromatic heterocycles. The smallest absolute Gasteiger partial charge is 0.354 e. The summed E-state index contributed by atoms with van der Waals surface area (Å²) in [6.45, 7) is 2.20. The molecule has 1 aromatic carbocycles. The van der Waals surface area contributed by atoms with Crippen molar-refractivity contribution in [2.75, 3.05) is 0 Å². The summed E-state index contributed by atoms with van der Waals surface area (Å²) >= 11 is 6.20. The maximum atomic E-state index is 11.1. The molecule has 0 radical (unpaired) electrons. The second-order valence-electron chi connectivity index (χ2n) is 5.06. The highest BCUT2D eigenvalue weighted by Gasteiger charge is 2.14. The highest BCUT2D eigenvalue weighted by Crippen LogP contribution is 2.22. The minimum Gasteiger partial charge on any atom is -0.477 e. The summed E-state index contributed by atoms with van der Waals surface area (Å²) in [5, 5.41) is 9.55. The number of halogens is 1. The molecule has 7 heteroatoms. The van der Waals surface area contributed by atoms with Gasteiger partial charge in [0.25, 0.3) is 0 Å². The van der Waals surface area contributed by atoms with E-state index in [9.17, 15) is 9.59 Å². The molecule has 0 saturated heterocycles. The number of nitrogens with zero attached hydrogens (tertiary/aromatic N) is 3. The van der Waals surface area contributed by atoms with Crippen LogP contribution in [-0.2, 0) is 6.54 Å². The van der Waals surface area contributed by atoms with Crippen molar-refractivity contribution < 1.29 is 14.7 Å². The lowest BCUT2D eigenvalue weighted by Crippen LogP contribution is -2.06. The van der Waals surface area contributed by atoms with E-state index in [2.05, 4.69) is 9.97 Å². The number of carbonyl (C=O) groups is 2. The number of fused-ring (bicyclic) bond motifs is 1. The lowest BCUT2D eigenvalue weighted by Gasteiger charge is -2.09. The Labute approximate surface area is 136 Å². The van der Waals surface area contributed by atoms with Gasteiger partial charge >= 0.3 is 5.97 Å². The van der Waals surface area contributed by atoms with Crippen LogP contribution in [0.4, 0.5) is 0 Å². The zero-order valence-corrected chi connectivity index (χ0v) is 12.9. The number of imidazole rings is 1. The van der Waals surface area contributed by atoms with Crippen LogP contribution >= 0.6 is 11.6 Å². The molecule has 0 aliphatic heterocycles. The van der Waals surface area contributed by atoms with Crippen LogP contribution in [0.1, 0.15) is 32.2 Å². The number of carboxylic acids is 1. The average molecular weight is 330 g/mol. The minimum atomic E-state index is -1.09. The van der Waals surface area contributed by atoms with Crippen LogP contribution < -0.4 is 0 Å². The molecule has 0 fully saturated rings. The molecule has 3 aromatic rings. The average Bonchev–Trinajstić information content (AvgIpc) is 2.84. The van der Waals surface area contributed by atoms with Gasteiger partial charge in [0.15, 0.2) is 11.3 Å². The summed E-state index contributed by atoms with van der Waals surface area (Å²) < 4.78 is 1.80. The Morgan fingerprint density at radius 3 is 2.74 bits per heavy atom. The Morgan fingerprint density at radius 1 is 1.30 bits per heavy atom. The molecule has 0 aliphatic carbocycles. The number of aromatic carboxylic acids is 1. The molecule has 0 aliphatic rings. The van der Waals surface area contributed by atoms with Crippen molar-refractivity contribution >= 4 is 35.0 Å². The van der Waals surface area contributed by atoms with Gasteiger partial charge in [-0.3, -0.25) is 4.79 Å². The number of aromatic nitrogens is 3. The first-order chi connectivity index (χ1) is 11.0. The van der Waals surface area contributed by atoms with Crippen LogP contribution in [0.3, 0.4) is 0 Å². The molecule has 2 heterocycles. The number of aldehydes is 1. The quantitative estimate of drug-likeness (QED) is 0.744. The summed E-state index contributed by atoms with van der Waals surface area (Å²) in [5.41, 5.74) is 2.35. The predicted octanol–water partition coefficient (Wildman–Crippen LogP) is 2.95. The number of pyridine rings is 1. The van der Waals surface area contributed by atoms with Crippen LogP contribution in [0.25, 0.3) is 11.2 Å². The fraction of sp³-hybridized carbons (Fsp3) is 0.125. The second kappa shape index (κ2) is 5.81. The summed E-state index contributed by atoms with van der Waals surface area (Å²) in [4.78, 5) is 30.4. The Kier molecular flexibility index (Phi) is 3.83. The molecule has 0 unspecified atom stereocenters. The zero-order chi connectivity index (χ0) is 16.6. The van der Waals surface area contributed by atoms with Gasteiger partial charge in [-0.2, -0.15) is 0 Å². The van der Waals surface area contributed by atoms with Gasteiger partial charge in [0.05, 0.1) is 6.54 Å². The van der Waals surface area contributed by atoms with E-state index in [0.29, 0.717) is 34.1 Å². The molecule has 0 saturated carbocycles. The van der Waals surface area contributed by atoms with Gasteiger partial charge < -0.3 is 9.67 Å². The third-order valence-electron chi connectivity index (χ3n) is 3.54. The van der Waals surface area contributed by atoms with Crippen molar-refractivity contribution in [2.24, 2.45) is 0 Å². The number of aryl methyl sites for hydroxylation is 1. The largest absolute Gasteiger partial charge is 0.477 e. The molecule has 3 rings (SSSR count). The zero-order valence-electron chi connectivity index (χ0n) is 12.2. The van der Waals surface area contributed by atoms with E-state index in [-0.39, 0.29) is 5.69 Å². The number of hydrogen-bond acceptors (Lipinski definition) is 4. The normalized spacial score (nSPS) is 10.9. The highest BCUT2D eigenvalue weighted by molar-refractivity contribution is 6.31. The van der Waals surface area contributed by atoms with E-state index in [0.717, 1.165) is 11.8 Å². The van der Waals surface area contributed by atoms with Crippen LogP contribution in [0.2, 0.25) is 5.02 Å². The summed E-state index contributed by atoms with van der Waals surface area (Å²) in [6, 6.07) is 8.09. The van der Waals surface area contributed by atoms with E-state index in [1.54, 1.807) is 28.8 Å². The molecule has 0 atom stereocenters. The molecule has 23 heavy (non-hydrogen) atoms. The van der Waals surface area contributed by atoms with E-state index in [1.807, 2.05) is 6.92 Å². The van der Waals surface area contributed by atoms with Gasteiger partial charge in [0.1, 0.15) is 17.6 Å². The van der Waals surface area contributed by atoms with Crippen LogP contribution in [0, 0.1) is 6.92 Å². The van der Waals surface area contributed by atoms with Crippen molar-refractivity contribution in [1.29, 1.82) is 0 Å². The van der Waals surface area contributed by atoms with Gasteiger partial charge in [-0.1, -0.05) is 23.7 Å². The third-order valence-corrected chi connectivity index (χ3v) is 3.90. The first-order valence-corrected chi connectivity index (χ1v) is 7.18. The van der Waals surface area contributed by atoms with Gasteiger partial charge in [0, 0.05) is 10.6 Å². The fourth-order valence-corrected chi connectivity index (χ4v) is 2.61. The topological polar surface area (TPSA) is 85.1 Å². The lowest BCUT2D eigenvalue weighted by molar-refractivity contribution is 0.0690. The fourth-order valence-electron chi connectivity index (χ4n) is 2.36. The van der Waals surface area contributed by atoms with Gasteiger partial charge in [-0.15, -0.1) is 0 Å². The summed E-state index contributed by atoms with van der Waals surface area (Å²) in [7, 11) is 0. The van der Waals surface area contributed by atoms with E-state index in [1.165, 1.54) is 6.07 Å². The number of hydrogen-bond donors (Lipinski definition) is 1. The standard InChI is InChI=1S/C16H12ClN3O3/c1-9-18-13-4-5-14(16(22)23)19-15(13)20(9)7-11-3-2-10(8-21)6-12(11)17/h2-6,8H,7H2,1H3,(H,22,23). The number of carbonyl (C=O) groups excluding carboxylic acids is 1. The van der Waals surface area contributed by atoms with Crippen molar-refractivity contribution in [3.63, 3.8) is 0 Å². The van der Waals surface area contributed by atoms with Crippen LogP contribution in [0.15, 0.2) is 30.3 Å². The number of carboxylic acid groups (broad SMARTS) is 1. The maximum Gasteiger partial charge on any atom is 0.354 e. The molecule has 0 spiro atoms. The number of rotatable bonds is 4.